The third-order valence-electron chi connectivity index (χ3n) is 4.55. The van der Waals surface area contributed by atoms with E-state index in [0.717, 1.165) is 23.5 Å². The summed E-state index contributed by atoms with van der Waals surface area (Å²) in [5.74, 6) is 0.761. The van der Waals surface area contributed by atoms with E-state index >= 15 is 0 Å². The summed E-state index contributed by atoms with van der Waals surface area (Å²) in [6.45, 7) is 2.83. The molecule has 6 nitrogen and oxygen atoms in total. The number of nitrogens with zero attached hydrogens (tertiary/aromatic N) is 2. The number of fused-ring (bicyclic) bond motifs is 1. The van der Waals surface area contributed by atoms with Gasteiger partial charge in [-0.1, -0.05) is 29.3 Å². The topological polar surface area (TPSA) is 68.2 Å². The highest BCUT2D eigenvalue weighted by atomic mass is 35.5. The van der Waals surface area contributed by atoms with Gasteiger partial charge in [0.05, 0.1) is 34.5 Å². The van der Waals surface area contributed by atoms with Crippen LogP contribution in [0.25, 0.3) is 0 Å². The second-order valence-corrected chi connectivity index (χ2v) is 7.19. The Labute approximate surface area is 168 Å². The number of halogens is 2. The van der Waals surface area contributed by atoms with Crippen molar-refractivity contribution in [3.63, 3.8) is 0 Å². The lowest BCUT2D eigenvalue weighted by molar-refractivity contribution is -0.118. The highest BCUT2D eigenvalue weighted by Gasteiger charge is 2.30. The molecule has 8 heteroatoms. The number of nitrogens with one attached hydrogen (secondary N) is 2. The fraction of sp³-hybridized carbons (Fsp3) is 0.368. The largest absolute Gasteiger partial charge is 0.383 e. The molecule has 0 aliphatic carbocycles. The van der Waals surface area contributed by atoms with Gasteiger partial charge in [0.1, 0.15) is 5.82 Å². The lowest BCUT2D eigenvalue weighted by atomic mass is 9.95. The van der Waals surface area contributed by atoms with Crippen molar-refractivity contribution in [2.24, 2.45) is 0 Å². The molecule has 1 aromatic carbocycles. The molecule has 144 valence electrons. The molecular formula is C19H22Cl2N4O2. The third kappa shape index (κ3) is 4.46. The first-order chi connectivity index (χ1) is 13.0. The molecule has 0 saturated heterocycles. The van der Waals surface area contributed by atoms with Crippen LogP contribution in [0.5, 0.6) is 0 Å². The van der Waals surface area contributed by atoms with E-state index in [1.54, 1.807) is 19.4 Å². The summed E-state index contributed by atoms with van der Waals surface area (Å²) in [4.78, 5) is 12.8. The molecule has 0 fully saturated rings. The fourth-order valence-corrected chi connectivity index (χ4v) is 3.56. The Bertz CT molecular complexity index is 863. The Kier molecular flexibility index (Phi) is 6.42. The van der Waals surface area contributed by atoms with Crippen LogP contribution in [-0.4, -0.2) is 35.9 Å². The van der Waals surface area contributed by atoms with Crippen LogP contribution in [0.2, 0.25) is 10.0 Å². The molecule has 0 bridgehead atoms. The van der Waals surface area contributed by atoms with Crippen LogP contribution < -0.4 is 10.6 Å². The van der Waals surface area contributed by atoms with Gasteiger partial charge in [-0.25, -0.2) is 4.68 Å². The van der Waals surface area contributed by atoms with Gasteiger partial charge in [0.25, 0.3) is 5.91 Å². The van der Waals surface area contributed by atoms with Crippen LogP contribution in [0.15, 0.2) is 41.7 Å². The maximum absolute atomic E-state index is 12.8. The molecule has 27 heavy (non-hydrogen) atoms. The van der Waals surface area contributed by atoms with Crippen LogP contribution in [0.3, 0.4) is 0 Å². The predicted octanol–water partition coefficient (Wildman–Crippen LogP) is 3.83. The van der Waals surface area contributed by atoms with Crippen molar-refractivity contribution < 1.29 is 9.53 Å². The molecule has 2 heterocycles. The first-order valence-electron chi connectivity index (χ1n) is 8.73. The van der Waals surface area contributed by atoms with E-state index in [-0.39, 0.29) is 11.9 Å². The van der Waals surface area contributed by atoms with Gasteiger partial charge in [-0.3, -0.25) is 4.79 Å². The number of carbonyl (C=O) groups is 1. The average molecular weight is 409 g/mol. The summed E-state index contributed by atoms with van der Waals surface area (Å²) < 4.78 is 6.87. The number of hydrogen-bond acceptors (Lipinski definition) is 4. The Morgan fingerprint density at radius 3 is 2.89 bits per heavy atom. The Hall–Kier alpha value is -2.02. The summed E-state index contributed by atoms with van der Waals surface area (Å²) in [5.41, 5.74) is 2.58. The van der Waals surface area contributed by atoms with E-state index in [9.17, 15) is 4.79 Å². The first-order valence-corrected chi connectivity index (χ1v) is 9.49. The van der Waals surface area contributed by atoms with Crippen molar-refractivity contribution in [1.82, 2.24) is 15.1 Å². The van der Waals surface area contributed by atoms with E-state index in [1.807, 2.05) is 29.8 Å². The number of rotatable bonds is 7. The second-order valence-electron chi connectivity index (χ2n) is 6.38. The maximum Gasteiger partial charge on any atom is 0.251 e. The number of carbonyl (C=O) groups excluding carboxylic acids is 1. The predicted molar refractivity (Wildman–Crippen MR) is 107 cm³/mol. The molecule has 2 aromatic rings. The number of amides is 1. The van der Waals surface area contributed by atoms with Gasteiger partial charge in [-0.05, 0) is 37.5 Å². The van der Waals surface area contributed by atoms with Crippen molar-refractivity contribution in [3.8, 4) is 0 Å². The lowest BCUT2D eigenvalue weighted by Crippen LogP contribution is -2.36. The number of anilines is 1. The normalized spacial score (nSPS) is 16.1. The van der Waals surface area contributed by atoms with Crippen molar-refractivity contribution in [1.29, 1.82) is 0 Å². The fourth-order valence-electron chi connectivity index (χ4n) is 3.24. The third-order valence-corrected chi connectivity index (χ3v) is 5.28. The van der Waals surface area contributed by atoms with Gasteiger partial charge in [-0.2, -0.15) is 5.10 Å². The molecule has 0 saturated carbocycles. The Morgan fingerprint density at radius 2 is 2.15 bits per heavy atom. The molecule has 0 spiro atoms. The number of aryl methyl sites for hydroxylation is 1. The molecule has 0 radical (unpaired) electrons. The lowest BCUT2D eigenvalue weighted by Gasteiger charge is -2.29. The smallest absolute Gasteiger partial charge is 0.251 e. The molecule has 2 N–H and O–H groups in total. The van der Waals surface area contributed by atoms with Gasteiger partial charge in [0.15, 0.2) is 0 Å². The molecule has 1 unspecified atom stereocenters. The zero-order valence-electron chi connectivity index (χ0n) is 15.3. The number of aromatic nitrogens is 2. The van der Waals surface area contributed by atoms with E-state index in [0.29, 0.717) is 35.2 Å². The number of ether oxygens (including phenoxy) is 1. The maximum atomic E-state index is 12.8. The molecule has 1 aliphatic heterocycles. The molecule has 1 amide bonds. The minimum Gasteiger partial charge on any atom is -0.383 e. The zero-order valence-corrected chi connectivity index (χ0v) is 16.8. The Morgan fingerprint density at radius 1 is 1.33 bits per heavy atom. The van der Waals surface area contributed by atoms with Crippen LogP contribution in [0.4, 0.5) is 5.82 Å². The molecule has 1 aromatic heterocycles. The number of allylic oxidation sites excluding steroid dienone is 1. The van der Waals surface area contributed by atoms with Gasteiger partial charge in [0, 0.05) is 25.4 Å². The standard InChI is InChI=1S/C19H22Cl2N4O2/c1-12-18(19(26)22-9-10-27-2)16(25-17(24-12)7-8-23-25)6-4-13-3-5-14(20)15(21)11-13/h3,5,7-8,11,16,24H,4,6,9-10H2,1-2H3,(H,22,26). The number of hydrogen-bond donors (Lipinski definition) is 2. The SMILES string of the molecule is COCCNC(=O)C1=C(C)Nc2ccnn2C1CCc1ccc(Cl)c(Cl)c1. The van der Waals surface area contributed by atoms with E-state index in [1.165, 1.54) is 0 Å². The second kappa shape index (κ2) is 8.78. The molecular weight excluding hydrogens is 387 g/mol. The molecule has 3 rings (SSSR count). The molecule has 1 aliphatic rings. The zero-order chi connectivity index (χ0) is 19.4. The average Bonchev–Trinajstić information content (AvgIpc) is 3.10. The highest BCUT2D eigenvalue weighted by molar-refractivity contribution is 6.42. The summed E-state index contributed by atoms with van der Waals surface area (Å²) in [6, 6.07) is 7.33. The summed E-state index contributed by atoms with van der Waals surface area (Å²) >= 11 is 12.1. The molecule has 1 atom stereocenters. The van der Waals surface area contributed by atoms with E-state index in [4.69, 9.17) is 27.9 Å². The first kappa shape index (κ1) is 19.7. The number of benzene rings is 1. The quantitative estimate of drug-likeness (QED) is 0.683. The number of methoxy groups -OCH3 is 1. The van der Waals surface area contributed by atoms with Crippen molar-refractivity contribution in [3.05, 3.63) is 57.3 Å². The summed E-state index contributed by atoms with van der Waals surface area (Å²) in [6.07, 6.45) is 3.18. The Balaban J connectivity index is 1.82. The van der Waals surface area contributed by atoms with Crippen LogP contribution in [0, 0.1) is 0 Å². The van der Waals surface area contributed by atoms with Gasteiger partial charge < -0.3 is 15.4 Å². The van der Waals surface area contributed by atoms with Crippen LogP contribution in [0.1, 0.15) is 24.9 Å². The monoisotopic (exact) mass is 408 g/mol. The minimum atomic E-state index is -0.173. The van der Waals surface area contributed by atoms with Gasteiger partial charge in [0.2, 0.25) is 0 Å². The summed E-state index contributed by atoms with van der Waals surface area (Å²) in [7, 11) is 1.61. The van der Waals surface area contributed by atoms with Crippen LogP contribution >= 0.6 is 23.2 Å². The van der Waals surface area contributed by atoms with Gasteiger partial charge in [-0.15, -0.1) is 0 Å². The van der Waals surface area contributed by atoms with Crippen molar-refractivity contribution in [2.75, 3.05) is 25.6 Å². The van der Waals surface area contributed by atoms with E-state index in [2.05, 4.69) is 15.7 Å². The summed E-state index contributed by atoms with van der Waals surface area (Å²) in [5, 5.41) is 11.6. The van der Waals surface area contributed by atoms with Crippen LogP contribution in [-0.2, 0) is 16.0 Å². The minimum absolute atomic E-state index is 0.114. The van der Waals surface area contributed by atoms with E-state index < -0.39 is 0 Å². The highest BCUT2D eigenvalue weighted by Crippen LogP contribution is 2.34. The van der Waals surface area contributed by atoms with Gasteiger partial charge >= 0.3 is 0 Å². The van der Waals surface area contributed by atoms with Crippen molar-refractivity contribution >= 4 is 34.9 Å². The van der Waals surface area contributed by atoms with Crippen molar-refractivity contribution in [2.45, 2.75) is 25.8 Å².